The van der Waals surface area contributed by atoms with Gasteiger partial charge in [0.15, 0.2) is 17.3 Å². The highest BCUT2D eigenvalue weighted by atomic mass is 19.3. The minimum Gasteiger partial charge on any atom is -0.477 e. The molecule has 17 nitrogen and oxygen atoms in total. The zero-order chi connectivity index (χ0) is 66.7. The van der Waals surface area contributed by atoms with Crippen LogP contribution < -0.4 is 11.1 Å². The van der Waals surface area contributed by atoms with Gasteiger partial charge in [-0.1, -0.05) is 127 Å². The fourth-order valence-corrected chi connectivity index (χ4v) is 11.9. The summed E-state index contributed by atoms with van der Waals surface area (Å²) in [6, 6.07) is 17.6. The number of nitrogens with two attached hydrogens (primary N) is 1. The first-order chi connectivity index (χ1) is 43.2. The molecule has 500 valence electrons. The number of amides is 3. The van der Waals surface area contributed by atoms with Crippen LogP contribution in [0, 0.1) is 41.4 Å². The molecule has 2 aliphatic carbocycles. The molecule has 3 amide bonds. The summed E-state index contributed by atoms with van der Waals surface area (Å²) in [6.45, 7) is 15.5. The first-order valence-corrected chi connectivity index (χ1v) is 31.1. The molecule has 2 saturated carbocycles. The summed E-state index contributed by atoms with van der Waals surface area (Å²) in [4.78, 5) is 85.7. The van der Waals surface area contributed by atoms with Crippen molar-refractivity contribution in [3.05, 3.63) is 147 Å². The number of carboxylic acids is 1. The number of aliphatic hydroxyl groups excluding tert-OH is 2. The number of aliphatic hydroxyl groups is 2. The summed E-state index contributed by atoms with van der Waals surface area (Å²) in [7, 11) is 3.95. The van der Waals surface area contributed by atoms with Crippen LogP contribution in [-0.2, 0) is 53.5 Å². The van der Waals surface area contributed by atoms with E-state index in [-0.39, 0.29) is 54.2 Å². The number of nitriles is 1. The van der Waals surface area contributed by atoms with Gasteiger partial charge in [-0.05, 0) is 104 Å². The van der Waals surface area contributed by atoms with Gasteiger partial charge < -0.3 is 46.0 Å². The van der Waals surface area contributed by atoms with Crippen LogP contribution in [0.2, 0.25) is 0 Å². The number of Topliss-reactive ketones (excluding diaryl/α,β-unsaturated/α-hetero) is 2. The van der Waals surface area contributed by atoms with Crippen molar-refractivity contribution in [1.82, 2.24) is 24.9 Å². The van der Waals surface area contributed by atoms with Crippen LogP contribution in [0.15, 0.2) is 84.9 Å². The molecule has 6 N–H and O–H groups in total. The van der Waals surface area contributed by atoms with E-state index < -0.39 is 101 Å². The first-order valence-electron chi connectivity index (χ1n) is 31.1. The van der Waals surface area contributed by atoms with Crippen molar-refractivity contribution in [2.75, 3.05) is 66.5 Å². The average Bonchev–Trinajstić information content (AvgIpc) is 1.36. The van der Waals surface area contributed by atoms with E-state index in [1.54, 1.807) is 47.9 Å². The molecule has 23 heteroatoms. The minimum atomic E-state index is -3.99. The van der Waals surface area contributed by atoms with Crippen LogP contribution in [0.5, 0.6) is 0 Å². The molecule has 6 atom stereocenters. The van der Waals surface area contributed by atoms with Crippen molar-refractivity contribution < 1.29 is 70.4 Å². The average molecular weight is 1290 g/mol. The number of aliphatic carboxylic acids is 1. The molecular weight excluding hydrogens is 1200 g/mol. The van der Waals surface area contributed by atoms with E-state index in [0.717, 1.165) is 88.7 Å². The van der Waals surface area contributed by atoms with Crippen LogP contribution in [0.25, 0.3) is 4.85 Å². The predicted molar refractivity (Wildman–Crippen MR) is 336 cm³/mol. The largest absolute Gasteiger partial charge is 0.477 e. The third kappa shape index (κ3) is 20.2. The molecule has 0 spiro atoms. The van der Waals surface area contributed by atoms with Crippen LogP contribution in [0.1, 0.15) is 149 Å². The number of ketones is 2. The van der Waals surface area contributed by atoms with Gasteiger partial charge in [-0.15, -0.1) is 0 Å². The number of carbonyl (C=O) groups excluding carboxylic acids is 5. The number of nitrogens with one attached hydrogen (secondary N) is 1. The van der Waals surface area contributed by atoms with E-state index >= 15 is 13.2 Å². The normalized spacial score (nSPS) is 18.3. The topological polar surface area (TPSA) is 242 Å². The molecule has 2 heterocycles. The third-order valence-electron chi connectivity index (χ3n) is 18.0. The molecule has 8 rings (SSSR count). The maximum Gasteiger partial charge on any atom is 0.379 e. The van der Waals surface area contributed by atoms with Gasteiger partial charge in [0.1, 0.15) is 23.8 Å². The van der Waals surface area contributed by atoms with Crippen LogP contribution in [0.4, 0.5) is 32.0 Å². The van der Waals surface area contributed by atoms with Gasteiger partial charge in [0.05, 0.1) is 30.3 Å². The van der Waals surface area contributed by atoms with Gasteiger partial charge in [0.25, 0.3) is 17.7 Å². The van der Waals surface area contributed by atoms with E-state index in [9.17, 15) is 52.2 Å². The summed E-state index contributed by atoms with van der Waals surface area (Å²) >= 11 is 0. The Hall–Kier alpha value is -7.54. The number of halogens is 6. The molecule has 0 unspecified atom stereocenters. The van der Waals surface area contributed by atoms with Gasteiger partial charge in [0, 0.05) is 88.2 Å². The van der Waals surface area contributed by atoms with Gasteiger partial charge in [-0.25, -0.2) is 18.4 Å². The lowest BCUT2D eigenvalue weighted by Crippen LogP contribution is -2.51. The third-order valence-corrected chi connectivity index (χ3v) is 18.0. The second-order valence-corrected chi connectivity index (χ2v) is 24.5. The number of rotatable bonds is 19. The summed E-state index contributed by atoms with van der Waals surface area (Å²) in [6.07, 6.45) is 8.01. The number of carbonyl (C=O) groups is 6. The number of hydrogen-bond acceptors (Lipinski definition) is 12. The van der Waals surface area contributed by atoms with Crippen molar-refractivity contribution in [1.29, 1.82) is 5.26 Å². The smallest absolute Gasteiger partial charge is 0.379 e. The first kappa shape index (κ1) is 75.2. The molecule has 92 heavy (non-hydrogen) atoms. The Bertz CT molecular complexity index is 3240. The summed E-state index contributed by atoms with van der Waals surface area (Å²) < 4.78 is 86.5. The van der Waals surface area contributed by atoms with Crippen molar-refractivity contribution in [2.45, 2.75) is 159 Å². The van der Waals surface area contributed by atoms with Gasteiger partial charge in [-0.2, -0.15) is 22.8 Å². The number of piperazine rings is 2. The maximum atomic E-state index is 15.4. The molecule has 0 radical (unpaired) electrons. The lowest BCUT2D eigenvalue weighted by Gasteiger charge is -2.34. The summed E-state index contributed by atoms with van der Waals surface area (Å²) in [5, 5.41) is 40.3. The summed E-state index contributed by atoms with van der Waals surface area (Å²) in [5.74, 6) is -15.9. The van der Waals surface area contributed by atoms with Crippen molar-refractivity contribution in [3.63, 3.8) is 0 Å². The second-order valence-electron chi connectivity index (χ2n) is 24.5. The van der Waals surface area contributed by atoms with E-state index in [1.165, 1.54) is 55.3 Å². The van der Waals surface area contributed by atoms with Crippen molar-refractivity contribution in [3.8, 4) is 6.07 Å². The van der Waals surface area contributed by atoms with Crippen LogP contribution >= 0.6 is 0 Å². The number of nitrogens with zero attached hydrogens (tertiary/aromatic N) is 6. The number of hydrogen-bond donors (Lipinski definition) is 5. The van der Waals surface area contributed by atoms with E-state index in [4.69, 9.17) is 22.7 Å². The second kappa shape index (κ2) is 34.9. The molecule has 4 fully saturated rings. The molecule has 0 aromatic heterocycles. The van der Waals surface area contributed by atoms with Gasteiger partial charge in [-0.3, -0.25) is 24.0 Å². The van der Waals surface area contributed by atoms with E-state index in [1.807, 2.05) is 14.1 Å². The Morgan fingerprint density at radius 1 is 0.630 bits per heavy atom. The molecule has 4 aliphatic rings. The molecule has 0 bridgehead atoms. The van der Waals surface area contributed by atoms with Crippen LogP contribution in [-0.4, -0.2) is 161 Å². The highest BCUT2D eigenvalue weighted by Crippen LogP contribution is 2.35. The lowest BCUT2D eigenvalue weighted by molar-refractivity contribution is -0.166. The minimum absolute atomic E-state index is 0. The monoisotopic (exact) mass is 1290 g/mol. The molecule has 2 aliphatic heterocycles. The van der Waals surface area contributed by atoms with Crippen molar-refractivity contribution >= 4 is 40.9 Å². The zero-order valence-electron chi connectivity index (χ0n) is 52.1. The Kier molecular flexibility index (Phi) is 28.5. The number of likely N-dealkylation sites (N-methyl/N-ethyl adjacent to an activating group) is 2. The van der Waals surface area contributed by atoms with E-state index in [2.05, 4.69) is 20.0 Å². The highest BCUT2D eigenvalue weighted by Gasteiger charge is 2.45. The molecule has 2 saturated heterocycles. The SMILES string of the molecule is C.C[C@@H](c1ccc(CC(=O)[C@@H](N)C2CCCCCC2)c(F)c1)[C@@H](O)C(=O)N1CCN(C)CC1.N#Cc1cccc(C(F)(F)C(=O)O)c1.[C-]#[N+]c1cccc(C(F)(F)C(=O)N[C@H](C(=O)Cc2ccc([C@H](C)[C@@H](O)C(=O)N3CCN(C)CC3)cc2F)C2CCCCCC2)c1. The maximum absolute atomic E-state index is 15.4. The number of carboxylic acid groups (broad SMARTS) is 1. The van der Waals surface area contributed by atoms with Gasteiger partial charge in [0.2, 0.25) is 0 Å². The highest BCUT2D eigenvalue weighted by molar-refractivity contribution is 5.93. The summed E-state index contributed by atoms with van der Waals surface area (Å²) in [5.41, 5.74) is 6.13. The molecule has 4 aromatic carbocycles. The predicted octanol–water partition coefficient (Wildman–Crippen LogP) is 9.82. The number of alkyl halides is 4. The van der Waals surface area contributed by atoms with Crippen LogP contribution in [0.3, 0.4) is 0 Å². The Morgan fingerprint density at radius 2 is 1.05 bits per heavy atom. The zero-order valence-corrected chi connectivity index (χ0v) is 52.1. The van der Waals surface area contributed by atoms with E-state index in [0.29, 0.717) is 68.8 Å². The van der Waals surface area contributed by atoms with Crippen molar-refractivity contribution in [2.24, 2.45) is 17.6 Å². The Balaban J connectivity index is 0.000000283. The fraction of sp³-hybridized carbons (Fsp3) is 0.536. The number of benzene rings is 4. The van der Waals surface area contributed by atoms with Gasteiger partial charge >= 0.3 is 17.8 Å². The Labute approximate surface area is 535 Å². The fourth-order valence-electron chi connectivity index (χ4n) is 11.9. The molecular formula is C69H88F6N8O9. The lowest BCUT2D eigenvalue weighted by atomic mass is 9.86. The quantitative estimate of drug-likeness (QED) is 0.0334. The molecule has 4 aromatic rings. The Morgan fingerprint density at radius 3 is 1.48 bits per heavy atom. The standard InChI is InChI=1S/C34H41F3N4O4.C25H38FN3O3.C9H5F2NO2.CH4/c1-22(31(43)32(44)41-17-15-40(3)16-18-41)24-13-14-25(28(35)19-24)20-29(42)30(23-9-6-4-5-7-10-23)39-33(45)34(36,37)26-11-8-12-27(21-26)38-2;1-17(24(31)25(32)29-13-11-28(2)12-14-29)19-9-10-20(21(26)15-19)16-22(30)23(27)18-7-5-3-4-6-8-18;10-9(11,8(13)14)7-3-1-2-6(4-7)5-12;/h8,11-14,19,21-23,30-31,43H,4-7,9-10,15-18,20H2,1,3H3,(H,39,45);9-10,15,17-18,23-24,31H,3-8,11-14,16,27H2,1-2H3;1-4H,(H,13,14);1H4/t22-,30-,31+;17-,23-,24+;;/m00../s1.